The summed E-state index contributed by atoms with van der Waals surface area (Å²) in [6.45, 7) is 0. The highest BCUT2D eigenvalue weighted by molar-refractivity contribution is 5.82. The monoisotopic (exact) mass is 420 g/mol. The SMILES string of the molecule is Fc1ccc(F)c(C=NNc2ccc3c(C(F)(F)F)cc(C(F)(F)F)nc3n2)c1. The molecule has 0 saturated carbocycles. The van der Waals surface area contributed by atoms with Crippen LogP contribution < -0.4 is 5.43 Å². The van der Waals surface area contributed by atoms with Gasteiger partial charge in [0.15, 0.2) is 5.65 Å². The highest BCUT2D eigenvalue weighted by Crippen LogP contribution is 2.38. The molecule has 0 atom stereocenters. The summed E-state index contributed by atoms with van der Waals surface area (Å²) in [6, 6.07) is 4.37. The molecule has 0 fully saturated rings. The third-order valence-electron chi connectivity index (χ3n) is 3.61. The summed E-state index contributed by atoms with van der Waals surface area (Å²) < 4.78 is 105. The molecule has 2 heterocycles. The summed E-state index contributed by atoms with van der Waals surface area (Å²) in [5.74, 6) is -1.79. The number of fused-ring (bicyclic) bond motifs is 1. The maximum atomic E-state index is 13.5. The van der Waals surface area contributed by atoms with Crippen LogP contribution in [0.15, 0.2) is 41.5 Å². The summed E-state index contributed by atoms with van der Waals surface area (Å²) in [5.41, 5.74) is -2.14. The van der Waals surface area contributed by atoms with Crippen LogP contribution >= 0.6 is 0 Å². The Kier molecular flexibility index (Phi) is 5.11. The van der Waals surface area contributed by atoms with Gasteiger partial charge in [0.05, 0.1) is 11.8 Å². The molecule has 0 aliphatic carbocycles. The number of rotatable bonds is 3. The van der Waals surface area contributed by atoms with E-state index in [1.807, 2.05) is 0 Å². The fraction of sp³-hybridized carbons (Fsp3) is 0.118. The first-order chi connectivity index (χ1) is 13.4. The number of hydrazone groups is 1. The van der Waals surface area contributed by atoms with Gasteiger partial charge in [0, 0.05) is 10.9 Å². The minimum absolute atomic E-state index is 0.0952. The van der Waals surface area contributed by atoms with Crippen molar-refractivity contribution in [1.82, 2.24) is 9.97 Å². The van der Waals surface area contributed by atoms with E-state index in [0.29, 0.717) is 0 Å². The highest BCUT2D eigenvalue weighted by Gasteiger charge is 2.39. The van der Waals surface area contributed by atoms with E-state index < -0.39 is 46.3 Å². The third kappa shape index (κ3) is 4.58. The molecule has 0 saturated heterocycles. The predicted octanol–water partition coefficient (Wildman–Crippen LogP) is 5.39. The maximum absolute atomic E-state index is 13.5. The molecule has 0 spiro atoms. The van der Waals surface area contributed by atoms with Gasteiger partial charge in [0.25, 0.3) is 0 Å². The minimum atomic E-state index is -5.12. The summed E-state index contributed by atoms with van der Waals surface area (Å²) in [6.07, 6.45) is -9.32. The van der Waals surface area contributed by atoms with Crippen LogP contribution in [0.25, 0.3) is 11.0 Å². The van der Waals surface area contributed by atoms with E-state index in [1.165, 1.54) is 0 Å². The smallest absolute Gasteiger partial charge is 0.261 e. The van der Waals surface area contributed by atoms with Crippen LogP contribution in [0.1, 0.15) is 16.8 Å². The van der Waals surface area contributed by atoms with Crippen molar-refractivity contribution in [3.05, 3.63) is 64.9 Å². The van der Waals surface area contributed by atoms with Crippen molar-refractivity contribution in [2.45, 2.75) is 12.4 Å². The molecule has 12 heteroatoms. The zero-order valence-corrected chi connectivity index (χ0v) is 13.9. The molecule has 4 nitrogen and oxygen atoms in total. The number of hydrogen-bond donors (Lipinski definition) is 1. The van der Waals surface area contributed by atoms with Gasteiger partial charge in [-0.05, 0) is 36.4 Å². The van der Waals surface area contributed by atoms with Gasteiger partial charge in [-0.25, -0.2) is 18.7 Å². The molecule has 3 rings (SSSR count). The normalized spacial score (nSPS) is 12.7. The Hall–Kier alpha value is -3.31. The molecule has 3 aromatic rings. The van der Waals surface area contributed by atoms with Crippen LogP contribution in [0.5, 0.6) is 0 Å². The lowest BCUT2D eigenvalue weighted by Gasteiger charge is -2.14. The van der Waals surface area contributed by atoms with E-state index in [4.69, 9.17) is 0 Å². The van der Waals surface area contributed by atoms with Crippen LogP contribution in [-0.2, 0) is 12.4 Å². The topological polar surface area (TPSA) is 50.2 Å². The number of hydrogen-bond acceptors (Lipinski definition) is 4. The maximum Gasteiger partial charge on any atom is 0.433 e. The lowest BCUT2D eigenvalue weighted by Crippen LogP contribution is -2.14. The number of aromatic nitrogens is 2. The van der Waals surface area contributed by atoms with Crippen LogP contribution in [0.4, 0.5) is 40.9 Å². The predicted molar refractivity (Wildman–Crippen MR) is 87.1 cm³/mol. The molecule has 0 bridgehead atoms. The molecule has 0 amide bonds. The van der Waals surface area contributed by atoms with Gasteiger partial charge in [-0.2, -0.15) is 31.4 Å². The molecule has 29 heavy (non-hydrogen) atoms. The lowest BCUT2D eigenvalue weighted by atomic mass is 10.1. The molecule has 0 aliphatic heterocycles. The van der Waals surface area contributed by atoms with E-state index in [9.17, 15) is 35.1 Å². The molecule has 152 valence electrons. The number of pyridine rings is 2. The van der Waals surface area contributed by atoms with Crippen molar-refractivity contribution in [2.24, 2.45) is 5.10 Å². The summed E-state index contributed by atoms with van der Waals surface area (Å²) >= 11 is 0. The van der Waals surface area contributed by atoms with Gasteiger partial charge < -0.3 is 0 Å². The molecule has 0 unspecified atom stereocenters. The fourth-order valence-corrected chi connectivity index (χ4v) is 2.33. The third-order valence-corrected chi connectivity index (χ3v) is 3.61. The Morgan fingerprint density at radius 2 is 1.59 bits per heavy atom. The number of halogens is 8. The van der Waals surface area contributed by atoms with Crippen LogP contribution in [0.3, 0.4) is 0 Å². The lowest BCUT2D eigenvalue weighted by molar-refractivity contribution is -0.144. The standard InChI is InChI=1S/C17H8F8N4/c18-9-1-3-12(19)8(5-9)7-26-29-14-4-2-10-11(16(20,21)22)6-13(17(23,24)25)27-15(10)28-14/h1-7H,(H,27,28,29). The second-order valence-electron chi connectivity index (χ2n) is 5.65. The number of nitrogens with one attached hydrogen (secondary N) is 1. The second kappa shape index (κ2) is 7.26. The molecular formula is C17H8F8N4. The summed E-state index contributed by atoms with van der Waals surface area (Å²) in [4.78, 5) is 6.73. The first-order valence-electron chi connectivity index (χ1n) is 7.65. The van der Waals surface area contributed by atoms with Crippen LogP contribution in [0.2, 0.25) is 0 Å². The Morgan fingerprint density at radius 3 is 2.24 bits per heavy atom. The summed E-state index contributed by atoms with van der Waals surface area (Å²) in [7, 11) is 0. The van der Waals surface area contributed by atoms with E-state index >= 15 is 0 Å². The molecule has 0 aliphatic rings. The molecule has 0 radical (unpaired) electrons. The van der Waals surface area contributed by atoms with Crippen molar-refractivity contribution in [2.75, 3.05) is 5.43 Å². The van der Waals surface area contributed by atoms with Crippen molar-refractivity contribution >= 4 is 23.1 Å². The van der Waals surface area contributed by atoms with E-state index in [1.54, 1.807) is 0 Å². The van der Waals surface area contributed by atoms with Crippen LogP contribution in [0, 0.1) is 11.6 Å². The van der Waals surface area contributed by atoms with Crippen LogP contribution in [-0.4, -0.2) is 16.2 Å². The van der Waals surface area contributed by atoms with E-state index in [2.05, 4.69) is 20.5 Å². The Balaban J connectivity index is 1.98. The van der Waals surface area contributed by atoms with Gasteiger partial charge in [-0.3, -0.25) is 5.43 Å². The van der Waals surface area contributed by atoms with Crippen molar-refractivity contribution in [1.29, 1.82) is 0 Å². The van der Waals surface area contributed by atoms with E-state index in [0.717, 1.165) is 36.5 Å². The number of alkyl halides is 6. The molecule has 1 aromatic carbocycles. The Labute approximate surface area is 156 Å². The molecular weight excluding hydrogens is 412 g/mol. The summed E-state index contributed by atoms with van der Waals surface area (Å²) in [5, 5.41) is 2.90. The first-order valence-corrected chi connectivity index (χ1v) is 7.65. The largest absolute Gasteiger partial charge is 0.433 e. The average molecular weight is 420 g/mol. The number of benzene rings is 1. The number of nitrogens with zero attached hydrogens (tertiary/aromatic N) is 3. The second-order valence-corrected chi connectivity index (χ2v) is 5.65. The van der Waals surface area contributed by atoms with E-state index in [-0.39, 0.29) is 17.4 Å². The zero-order chi connectivity index (χ0) is 21.4. The quantitative estimate of drug-likeness (QED) is 0.351. The zero-order valence-electron chi connectivity index (χ0n) is 13.9. The Bertz CT molecular complexity index is 1090. The first kappa shape index (κ1) is 20.4. The van der Waals surface area contributed by atoms with Gasteiger partial charge >= 0.3 is 12.4 Å². The van der Waals surface area contributed by atoms with Gasteiger partial charge in [0.1, 0.15) is 23.1 Å². The number of anilines is 1. The van der Waals surface area contributed by atoms with Crippen molar-refractivity contribution in [3.63, 3.8) is 0 Å². The van der Waals surface area contributed by atoms with Crippen molar-refractivity contribution < 1.29 is 35.1 Å². The molecule has 2 aromatic heterocycles. The fourth-order valence-electron chi connectivity index (χ4n) is 2.33. The van der Waals surface area contributed by atoms with Gasteiger partial charge in [0.2, 0.25) is 0 Å². The minimum Gasteiger partial charge on any atom is -0.261 e. The van der Waals surface area contributed by atoms with Gasteiger partial charge in [-0.1, -0.05) is 0 Å². The average Bonchev–Trinajstić information content (AvgIpc) is 2.62. The highest BCUT2D eigenvalue weighted by atomic mass is 19.4. The van der Waals surface area contributed by atoms with Gasteiger partial charge in [-0.15, -0.1) is 0 Å². The van der Waals surface area contributed by atoms with Crippen molar-refractivity contribution in [3.8, 4) is 0 Å². The Morgan fingerprint density at radius 1 is 0.862 bits per heavy atom. The molecule has 1 N–H and O–H groups in total.